The number of benzene rings is 1. The number of hydrogen-bond acceptors (Lipinski definition) is 3. The van der Waals surface area contributed by atoms with Gasteiger partial charge in [0.2, 0.25) is 0 Å². The van der Waals surface area contributed by atoms with E-state index in [-0.39, 0.29) is 12.6 Å². The van der Waals surface area contributed by atoms with Gasteiger partial charge in [-0.15, -0.1) is 0 Å². The highest BCUT2D eigenvalue weighted by molar-refractivity contribution is 5.27. The maximum absolute atomic E-state index is 8.75. The van der Waals surface area contributed by atoms with Crippen molar-refractivity contribution in [3.8, 4) is 5.75 Å². The average molecular weight is 195 g/mol. The maximum atomic E-state index is 8.75. The molecule has 0 aliphatic rings. The van der Waals surface area contributed by atoms with Crippen LogP contribution in [0.4, 0.5) is 0 Å². The van der Waals surface area contributed by atoms with Crippen LogP contribution in [-0.4, -0.2) is 24.9 Å². The second-order valence-electron chi connectivity index (χ2n) is 3.33. The lowest BCUT2D eigenvalue weighted by atomic mass is 10.1. The third kappa shape index (κ3) is 3.36. The van der Waals surface area contributed by atoms with E-state index in [1.165, 1.54) is 5.56 Å². The Morgan fingerprint density at radius 3 is 2.50 bits per heavy atom. The molecular formula is C11H17NO2. The number of nitrogens with two attached hydrogens (primary N) is 1. The van der Waals surface area contributed by atoms with E-state index in [9.17, 15) is 0 Å². The van der Waals surface area contributed by atoms with Gasteiger partial charge >= 0.3 is 0 Å². The van der Waals surface area contributed by atoms with E-state index in [1.807, 2.05) is 24.3 Å². The van der Waals surface area contributed by atoms with Gasteiger partial charge in [0, 0.05) is 6.04 Å². The highest BCUT2D eigenvalue weighted by atomic mass is 16.5. The predicted molar refractivity (Wildman–Crippen MR) is 56.4 cm³/mol. The normalized spacial score (nSPS) is 12.5. The lowest BCUT2D eigenvalue weighted by molar-refractivity contribution is 0.260. The van der Waals surface area contributed by atoms with Gasteiger partial charge in [-0.25, -0.2) is 0 Å². The first kappa shape index (κ1) is 11.0. The third-order valence-corrected chi connectivity index (χ3v) is 2.20. The molecule has 3 heteroatoms. The van der Waals surface area contributed by atoms with Crippen molar-refractivity contribution >= 4 is 0 Å². The Kier molecular flexibility index (Phi) is 4.43. The molecule has 1 unspecified atom stereocenters. The van der Waals surface area contributed by atoms with Gasteiger partial charge in [0.25, 0.3) is 0 Å². The van der Waals surface area contributed by atoms with Crippen LogP contribution in [0.1, 0.15) is 12.0 Å². The second kappa shape index (κ2) is 5.62. The summed E-state index contributed by atoms with van der Waals surface area (Å²) >= 11 is 0. The van der Waals surface area contributed by atoms with E-state index in [0.29, 0.717) is 0 Å². The summed E-state index contributed by atoms with van der Waals surface area (Å²) in [6.45, 7) is 0.0517. The van der Waals surface area contributed by atoms with Crippen molar-refractivity contribution in [2.24, 2.45) is 5.73 Å². The van der Waals surface area contributed by atoms with Crippen molar-refractivity contribution in [2.45, 2.75) is 18.9 Å². The zero-order chi connectivity index (χ0) is 10.4. The Morgan fingerprint density at radius 1 is 1.36 bits per heavy atom. The third-order valence-electron chi connectivity index (χ3n) is 2.20. The van der Waals surface area contributed by atoms with Crippen LogP contribution in [0.3, 0.4) is 0 Å². The second-order valence-corrected chi connectivity index (χ2v) is 3.33. The fraction of sp³-hybridized carbons (Fsp3) is 0.455. The predicted octanol–water partition coefficient (Wildman–Crippen LogP) is 0.947. The van der Waals surface area contributed by atoms with Crippen LogP contribution < -0.4 is 10.5 Å². The molecule has 14 heavy (non-hydrogen) atoms. The zero-order valence-corrected chi connectivity index (χ0v) is 8.44. The minimum atomic E-state index is -0.114. The van der Waals surface area contributed by atoms with Crippen LogP contribution in [0.25, 0.3) is 0 Å². The molecule has 3 nitrogen and oxygen atoms in total. The maximum Gasteiger partial charge on any atom is 0.118 e. The van der Waals surface area contributed by atoms with Crippen molar-refractivity contribution in [1.82, 2.24) is 0 Å². The SMILES string of the molecule is COc1ccc(CCC(N)CO)cc1. The van der Waals surface area contributed by atoms with E-state index in [0.717, 1.165) is 18.6 Å². The molecular weight excluding hydrogens is 178 g/mol. The van der Waals surface area contributed by atoms with Crippen LogP contribution >= 0.6 is 0 Å². The van der Waals surface area contributed by atoms with Crippen LogP contribution in [0, 0.1) is 0 Å². The van der Waals surface area contributed by atoms with Crippen LogP contribution in [0.15, 0.2) is 24.3 Å². The average Bonchev–Trinajstić information content (AvgIpc) is 2.26. The van der Waals surface area contributed by atoms with Crippen LogP contribution in [-0.2, 0) is 6.42 Å². The van der Waals surface area contributed by atoms with Gasteiger partial charge in [0.15, 0.2) is 0 Å². The van der Waals surface area contributed by atoms with Gasteiger partial charge in [0.1, 0.15) is 5.75 Å². The first-order chi connectivity index (χ1) is 6.76. The van der Waals surface area contributed by atoms with Crippen LogP contribution in [0.2, 0.25) is 0 Å². The number of methoxy groups -OCH3 is 1. The molecule has 1 rings (SSSR count). The monoisotopic (exact) mass is 195 g/mol. The molecule has 0 saturated heterocycles. The summed E-state index contributed by atoms with van der Waals surface area (Å²) < 4.78 is 5.05. The van der Waals surface area contributed by atoms with Crippen molar-refractivity contribution in [2.75, 3.05) is 13.7 Å². The first-order valence-corrected chi connectivity index (χ1v) is 4.75. The molecule has 3 N–H and O–H groups in total. The number of aryl methyl sites for hydroxylation is 1. The van der Waals surface area contributed by atoms with Crippen molar-refractivity contribution < 1.29 is 9.84 Å². The van der Waals surface area contributed by atoms with Crippen molar-refractivity contribution in [1.29, 1.82) is 0 Å². The van der Waals surface area contributed by atoms with Crippen molar-refractivity contribution in [3.63, 3.8) is 0 Å². The van der Waals surface area contributed by atoms with Gasteiger partial charge in [-0.1, -0.05) is 12.1 Å². The van der Waals surface area contributed by atoms with E-state index in [1.54, 1.807) is 7.11 Å². The van der Waals surface area contributed by atoms with Gasteiger partial charge in [-0.3, -0.25) is 0 Å². The van der Waals surface area contributed by atoms with E-state index in [2.05, 4.69) is 0 Å². The molecule has 0 amide bonds. The Labute approximate surface area is 84.5 Å². The highest BCUT2D eigenvalue weighted by Gasteiger charge is 2.01. The molecule has 1 aromatic rings. The van der Waals surface area contributed by atoms with E-state index in [4.69, 9.17) is 15.6 Å². The molecule has 0 spiro atoms. The summed E-state index contributed by atoms with van der Waals surface area (Å²) in [5.41, 5.74) is 6.82. The van der Waals surface area contributed by atoms with Gasteiger partial charge in [-0.05, 0) is 30.5 Å². The lowest BCUT2D eigenvalue weighted by Gasteiger charge is -2.07. The Balaban J connectivity index is 2.43. The van der Waals surface area contributed by atoms with Gasteiger partial charge < -0.3 is 15.6 Å². The highest BCUT2D eigenvalue weighted by Crippen LogP contribution is 2.12. The standard InChI is InChI=1S/C11H17NO2/c1-14-11-6-3-9(4-7-11)2-5-10(12)8-13/h3-4,6-7,10,13H,2,5,8,12H2,1H3. The number of ether oxygens (including phenoxy) is 1. The summed E-state index contributed by atoms with van der Waals surface area (Å²) in [4.78, 5) is 0. The summed E-state index contributed by atoms with van der Waals surface area (Å²) in [6, 6.07) is 7.78. The topological polar surface area (TPSA) is 55.5 Å². The molecule has 0 aromatic heterocycles. The minimum absolute atomic E-state index is 0.0517. The lowest BCUT2D eigenvalue weighted by Crippen LogP contribution is -2.24. The molecule has 0 bridgehead atoms. The Bertz CT molecular complexity index is 258. The number of hydrogen-bond donors (Lipinski definition) is 2. The molecule has 1 atom stereocenters. The molecule has 0 fully saturated rings. The molecule has 78 valence electrons. The zero-order valence-electron chi connectivity index (χ0n) is 8.44. The number of aliphatic hydroxyl groups excluding tert-OH is 1. The Morgan fingerprint density at radius 2 is 2.00 bits per heavy atom. The van der Waals surface area contributed by atoms with Gasteiger partial charge in [0.05, 0.1) is 13.7 Å². The van der Waals surface area contributed by atoms with Gasteiger partial charge in [-0.2, -0.15) is 0 Å². The van der Waals surface area contributed by atoms with E-state index >= 15 is 0 Å². The van der Waals surface area contributed by atoms with Crippen LogP contribution in [0.5, 0.6) is 5.75 Å². The Hall–Kier alpha value is -1.06. The number of aliphatic hydroxyl groups is 1. The summed E-state index contributed by atoms with van der Waals surface area (Å²) in [6.07, 6.45) is 1.70. The summed E-state index contributed by atoms with van der Waals surface area (Å²) in [7, 11) is 1.65. The molecule has 0 radical (unpaired) electrons. The molecule has 0 saturated carbocycles. The largest absolute Gasteiger partial charge is 0.497 e. The smallest absolute Gasteiger partial charge is 0.118 e. The molecule has 0 aliphatic heterocycles. The number of rotatable bonds is 5. The fourth-order valence-electron chi connectivity index (χ4n) is 1.24. The van der Waals surface area contributed by atoms with E-state index < -0.39 is 0 Å². The molecule has 0 heterocycles. The minimum Gasteiger partial charge on any atom is -0.497 e. The summed E-state index contributed by atoms with van der Waals surface area (Å²) in [5.74, 6) is 0.861. The fourth-order valence-corrected chi connectivity index (χ4v) is 1.24. The summed E-state index contributed by atoms with van der Waals surface area (Å²) in [5, 5.41) is 8.75. The molecule has 0 aliphatic carbocycles. The quantitative estimate of drug-likeness (QED) is 0.735. The molecule has 1 aromatic carbocycles. The first-order valence-electron chi connectivity index (χ1n) is 4.75. The van der Waals surface area contributed by atoms with Crippen molar-refractivity contribution in [3.05, 3.63) is 29.8 Å².